The molecule has 0 unspecified atom stereocenters. The van der Waals surface area contributed by atoms with Crippen molar-refractivity contribution < 1.29 is 14.3 Å². The summed E-state index contributed by atoms with van der Waals surface area (Å²) in [4.78, 5) is 23.5. The number of nitrogens with one attached hydrogen (secondary N) is 2. The second-order valence-electron chi connectivity index (χ2n) is 4.17. The Bertz CT molecular complexity index is 468. The van der Waals surface area contributed by atoms with Crippen LogP contribution in [0.3, 0.4) is 0 Å². The van der Waals surface area contributed by atoms with Crippen LogP contribution in [0.5, 0.6) is 0 Å². The largest absolute Gasteiger partial charge is 0.467 e. The molecule has 0 aliphatic heterocycles. The van der Waals surface area contributed by atoms with Gasteiger partial charge in [0, 0.05) is 10.7 Å². The highest BCUT2D eigenvalue weighted by molar-refractivity contribution is 7.99. The lowest BCUT2D eigenvalue weighted by atomic mass is 10.2. The molecule has 0 radical (unpaired) electrons. The fourth-order valence-corrected chi connectivity index (χ4v) is 2.41. The number of hydrogen-bond donors (Lipinski definition) is 2. The van der Waals surface area contributed by atoms with Crippen LogP contribution in [0, 0.1) is 0 Å². The first-order chi connectivity index (χ1) is 10.1. The molecule has 2 amide bonds. The van der Waals surface area contributed by atoms with Gasteiger partial charge in [-0.2, -0.15) is 11.8 Å². The van der Waals surface area contributed by atoms with Crippen molar-refractivity contribution in [1.82, 2.24) is 5.32 Å². The number of urea groups is 1. The maximum atomic E-state index is 11.9. The predicted molar refractivity (Wildman–Crippen MR) is 87.0 cm³/mol. The topological polar surface area (TPSA) is 67.4 Å². The van der Waals surface area contributed by atoms with Gasteiger partial charge in [0.15, 0.2) is 0 Å². The number of amides is 2. The zero-order chi connectivity index (χ0) is 15.7. The molecule has 0 spiro atoms. The number of thioether (sulfide) groups is 1. The monoisotopic (exact) mass is 330 g/mol. The third-order valence-corrected chi connectivity index (χ3v) is 3.83. The van der Waals surface area contributed by atoms with E-state index in [1.807, 2.05) is 6.92 Å². The molecule has 1 atom stereocenters. The second kappa shape index (κ2) is 9.52. The molecule has 116 valence electrons. The molecular weight excluding hydrogens is 312 g/mol. The average molecular weight is 331 g/mol. The van der Waals surface area contributed by atoms with E-state index in [4.69, 9.17) is 16.3 Å². The van der Waals surface area contributed by atoms with Crippen LogP contribution in [0.4, 0.5) is 10.5 Å². The van der Waals surface area contributed by atoms with Crippen molar-refractivity contribution in [2.24, 2.45) is 0 Å². The van der Waals surface area contributed by atoms with Crippen molar-refractivity contribution in [3.05, 3.63) is 29.3 Å². The lowest BCUT2D eigenvalue weighted by Crippen LogP contribution is -2.44. The van der Waals surface area contributed by atoms with Gasteiger partial charge >= 0.3 is 12.0 Å². The number of methoxy groups -OCH3 is 1. The van der Waals surface area contributed by atoms with Gasteiger partial charge in [-0.3, -0.25) is 0 Å². The van der Waals surface area contributed by atoms with E-state index >= 15 is 0 Å². The molecule has 0 aliphatic carbocycles. The van der Waals surface area contributed by atoms with E-state index in [-0.39, 0.29) is 0 Å². The van der Waals surface area contributed by atoms with Crippen LogP contribution in [0.1, 0.15) is 13.3 Å². The molecule has 1 rings (SSSR count). The Hall–Kier alpha value is -1.40. The van der Waals surface area contributed by atoms with Gasteiger partial charge in [0.1, 0.15) is 6.04 Å². The first-order valence-corrected chi connectivity index (χ1v) is 8.08. The molecule has 2 N–H and O–H groups in total. The van der Waals surface area contributed by atoms with Crippen LogP contribution < -0.4 is 10.6 Å². The molecule has 7 heteroatoms. The normalized spacial score (nSPS) is 11.6. The summed E-state index contributed by atoms with van der Waals surface area (Å²) in [6.45, 7) is 2.04. The van der Waals surface area contributed by atoms with E-state index in [0.717, 1.165) is 11.5 Å². The van der Waals surface area contributed by atoms with Crippen molar-refractivity contribution >= 4 is 41.1 Å². The maximum Gasteiger partial charge on any atom is 0.328 e. The minimum absolute atomic E-state index is 0.446. The summed E-state index contributed by atoms with van der Waals surface area (Å²) in [5.41, 5.74) is 0.600. The predicted octanol–water partition coefficient (Wildman–Crippen LogP) is 3.15. The van der Waals surface area contributed by atoms with Crippen LogP contribution in [-0.4, -0.2) is 36.7 Å². The molecule has 21 heavy (non-hydrogen) atoms. The van der Waals surface area contributed by atoms with Gasteiger partial charge in [0.05, 0.1) is 7.11 Å². The second-order valence-corrected chi connectivity index (χ2v) is 6.00. The number of rotatable bonds is 7. The molecule has 0 heterocycles. The number of anilines is 1. The number of halogens is 1. The zero-order valence-electron chi connectivity index (χ0n) is 12.0. The molecule has 0 saturated heterocycles. The number of carbonyl (C=O) groups is 2. The van der Waals surface area contributed by atoms with Crippen molar-refractivity contribution in [2.75, 3.05) is 23.9 Å². The molecule has 1 aromatic rings. The van der Waals surface area contributed by atoms with Crippen molar-refractivity contribution in [1.29, 1.82) is 0 Å². The van der Waals surface area contributed by atoms with E-state index in [1.165, 1.54) is 7.11 Å². The third-order valence-electron chi connectivity index (χ3n) is 2.65. The van der Waals surface area contributed by atoms with Gasteiger partial charge in [-0.1, -0.05) is 18.5 Å². The lowest BCUT2D eigenvalue weighted by molar-refractivity contribution is -0.142. The summed E-state index contributed by atoms with van der Waals surface area (Å²) in [6.07, 6.45) is 0.527. The minimum Gasteiger partial charge on any atom is -0.467 e. The summed E-state index contributed by atoms with van der Waals surface area (Å²) in [7, 11) is 1.31. The van der Waals surface area contributed by atoms with Gasteiger partial charge < -0.3 is 15.4 Å². The quantitative estimate of drug-likeness (QED) is 0.595. The Kier molecular flexibility index (Phi) is 8.00. The molecule has 0 saturated carbocycles. The van der Waals surface area contributed by atoms with Gasteiger partial charge in [-0.15, -0.1) is 0 Å². The third kappa shape index (κ3) is 6.73. The zero-order valence-corrected chi connectivity index (χ0v) is 13.6. The maximum absolute atomic E-state index is 11.9. The number of ether oxygens (including phenoxy) is 1. The number of hydrogen-bond acceptors (Lipinski definition) is 4. The molecule has 0 aromatic heterocycles. The Morgan fingerprint density at radius 3 is 2.57 bits per heavy atom. The lowest BCUT2D eigenvalue weighted by Gasteiger charge is -2.16. The minimum atomic E-state index is -0.652. The molecule has 0 bridgehead atoms. The smallest absolute Gasteiger partial charge is 0.328 e. The summed E-state index contributed by atoms with van der Waals surface area (Å²) in [6, 6.07) is 5.61. The summed E-state index contributed by atoms with van der Waals surface area (Å²) in [5.74, 6) is 1.29. The van der Waals surface area contributed by atoms with Gasteiger partial charge in [0.2, 0.25) is 0 Å². The molecule has 5 nitrogen and oxygen atoms in total. The SMILES string of the molecule is CCSCC[C@H](NC(=O)Nc1ccc(Cl)cc1)C(=O)OC. The Labute approximate surface area is 133 Å². The van der Waals surface area contributed by atoms with E-state index in [0.29, 0.717) is 17.1 Å². The van der Waals surface area contributed by atoms with Crippen molar-refractivity contribution in [3.8, 4) is 0 Å². The first kappa shape index (κ1) is 17.7. The summed E-state index contributed by atoms with van der Waals surface area (Å²) in [5, 5.41) is 5.85. The Morgan fingerprint density at radius 1 is 1.33 bits per heavy atom. The molecule has 0 fully saturated rings. The van der Waals surface area contributed by atoms with Crippen molar-refractivity contribution in [2.45, 2.75) is 19.4 Å². The fraction of sp³-hybridized carbons (Fsp3) is 0.429. The highest BCUT2D eigenvalue weighted by Gasteiger charge is 2.21. The molecular formula is C14H19ClN2O3S. The summed E-state index contributed by atoms with van der Waals surface area (Å²) < 4.78 is 4.70. The van der Waals surface area contributed by atoms with E-state index < -0.39 is 18.0 Å². The molecule has 1 aromatic carbocycles. The van der Waals surface area contributed by atoms with E-state index in [2.05, 4.69) is 10.6 Å². The molecule has 0 aliphatic rings. The highest BCUT2D eigenvalue weighted by Crippen LogP contribution is 2.13. The standard InChI is InChI=1S/C14H19ClN2O3S/c1-3-21-9-8-12(13(18)20-2)17-14(19)16-11-6-4-10(15)5-7-11/h4-7,12H,3,8-9H2,1-2H3,(H2,16,17,19)/t12-/m0/s1. The number of esters is 1. The van der Waals surface area contributed by atoms with E-state index in [9.17, 15) is 9.59 Å². The van der Waals surface area contributed by atoms with Crippen molar-refractivity contribution in [3.63, 3.8) is 0 Å². The number of benzene rings is 1. The van der Waals surface area contributed by atoms with Crippen LogP contribution in [0.15, 0.2) is 24.3 Å². The Balaban J connectivity index is 2.54. The van der Waals surface area contributed by atoms with Gasteiger partial charge in [-0.05, 0) is 42.2 Å². The van der Waals surface area contributed by atoms with Crippen LogP contribution in [0.25, 0.3) is 0 Å². The fourth-order valence-electron chi connectivity index (χ4n) is 1.60. The summed E-state index contributed by atoms with van der Waals surface area (Å²) >= 11 is 7.47. The first-order valence-electron chi connectivity index (χ1n) is 6.55. The highest BCUT2D eigenvalue weighted by atomic mass is 35.5. The van der Waals surface area contributed by atoms with Crippen LogP contribution >= 0.6 is 23.4 Å². The van der Waals surface area contributed by atoms with Gasteiger partial charge in [-0.25, -0.2) is 9.59 Å². The van der Waals surface area contributed by atoms with Crippen LogP contribution in [-0.2, 0) is 9.53 Å². The Morgan fingerprint density at radius 2 is 2.00 bits per heavy atom. The number of carbonyl (C=O) groups excluding carboxylic acids is 2. The van der Waals surface area contributed by atoms with Crippen LogP contribution in [0.2, 0.25) is 5.02 Å². The van der Waals surface area contributed by atoms with E-state index in [1.54, 1.807) is 36.0 Å². The average Bonchev–Trinajstić information content (AvgIpc) is 2.48. The van der Waals surface area contributed by atoms with Gasteiger partial charge in [0.25, 0.3) is 0 Å².